The van der Waals surface area contributed by atoms with Crippen molar-refractivity contribution < 1.29 is 14.6 Å². The number of guanidine groups is 1. The average Bonchev–Trinajstić information content (AvgIpc) is 2.16. The Hall–Kier alpha value is -2.25. The molecule has 0 saturated carbocycles. The quantitative estimate of drug-likeness (QED) is 0.394. The van der Waals surface area contributed by atoms with Gasteiger partial charge in [0.05, 0.1) is 14.2 Å². The Bertz CT molecular complexity index is 381. The molecule has 0 atom stereocenters. The summed E-state index contributed by atoms with van der Waals surface area (Å²) in [5.41, 5.74) is 5.12. The maximum absolute atomic E-state index is 9.41. The molecule has 1 aromatic rings. The number of nitrogens with zero attached hydrogens (tertiary/aromatic N) is 2. The van der Waals surface area contributed by atoms with E-state index in [1.807, 2.05) is 0 Å². The van der Waals surface area contributed by atoms with Crippen LogP contribution in [0, 0.1) is 5.41 Å². The highest BCUT2D eigenvalue weighted by Crippen LogP contribution is 2.32. The van der Waals surface area contributed by atoms with E-state index in [4.69, 9.17) is 20.6 Å². The Morgan fingerprint density at radius 1 is 1.40 bits per heavy atom. The summed E-state index contributed by atoms with van der Waals surface area (Å²) in [5.74, 6) is -0.679. The third-order valence-electron chi connectivity index (χ3n) is 1.47. The van der Waals surface area contributed by atoms with Gasteiger partial charge in [-0.25, -0.2) is 0 Å². The van der Waals surface area contributed by atoms with Crippen LogP contribution in [0.3, 0.4) is 0 Å². The summed E-state index contributed by atoms with van der Waals surface area (Å²) in [4.78, 5) is 7.39. The lowest BCUT2D eigenvalue weighted by atomic mass is 10.5. The number of hydrogen-bond donors (Lipinski definition) is 4. The van der Waals surface area contributed by atoms with Gasteiger partial charge < -0.3 is 25.6 Å². The lowest BCUT2D eigenvalue weighted by Crippen LogP contribution is -2.21. The van der Waals surface area contributed by atoms with Crippen molar-refractivity contribution in [2.45, 2.75) is 0 Å². The summed E-state index contributed by atoms with van der Waals surface area (Å²) in [6.07, 6.45) is 0. The molecule has 0 fully saturated rings. The van der Waals surface area contributed by atoms with Gasteiger partial charge in [0.25, 0.3) is 5.88 Å². The van der Waals surface area contributed by atoms with Crippen molar-refractivity contribution >= 4 is 11.8 Å². The molecule has 1 rings (SSSR count). The summed E-state index contributed by atoms with van der Waals surface area (Å²) < 4.78 is 9.56. The molecule has 0 saturated heterocycles. The molecule has 0 aliphatic rings. The number of aromatic hydroxyl groups is 1. The molecule has 0 aliphatic heterocycles. The Balaban J connectivity index is 3.19. The molecular formula is C7H11N5O3. The fourth-order valence-corrected chi connectivity index (χ4v) is 0.910. The number of methoxy groups -OCH3 is 2. The van der Waals surface area contributed by atoms with E-state index < -0.39 is 5.88 Å². The van der Waals surface area contributed by atoms with Crippen molar-refractivity contribution in [2.24, 2.45) is 5.73 Å². The minimum absolute atomic E-state index is 0.00833. The molecule has 0 aromatic carbocycles. The van der Waals surface area contributed by atoms with Crippen LogP contribution >= 0.6 is 0 Å². The van der Waals surface area contributed by atoms with Gasteiger partial charge in [0, 0.05) is 0 Å². The van der Waals surface area contributed by atoms with Crippen LogP contribution in [0.25, 0.3) is 0 Å². The molecule has 0 amide bonds. The Kier molecular flexibility index (Phi) is 3.11. The van der Waals surface area contributed by atoms with Crippen LogP contribution in [-0.4, -0.2) is 35.3 Å². The van der Waals surface area contributed by atoms with Gasteiger partial charge in [-0.3, -0.25) is 5.41 Å². The summed E-state index contributed by atoms with van der Waals surface area (Å²) >= 11 is 0. The summed E-state index contributed by atoms with van der Waals surface area (Å²) in [7, 11) is 2.68. The minimum Gasteiger partial charge on any atom is -0.490 e. The standard InChI is InChI=1S/C7H11N5O3/c1-14-3-4(10-6(8)9)11-7(15-2)12-5(3)13/h1-2H3,(H5,8,9,10,11,12,13). The van der Waals surface area contributed by atoms with Gasteiger partial charge in [0.15, 0.2) is 11.8 Å². The Morgan fingerprint density at radius 3 is 2.53 bits per heavy atom. The molecule has 15 heavy (non-hydrogen) atoms. The van der Waals surface area contributed by atoms with Gasteiger partial charge >= 0.3 is 6.01 Å². The molecular weight excluding hydrogens is 202 g/mol. The van der Waals surface area contributed by atoms with Gasteiger partial charge in [-0.05, 0) is 0 Å². The number of hydrogen-bond acceptors (Lipinski definition) is 6. The molecule has 8 nitrogen and oxygen atoms in total. The topological polar surface area (TPSA) is 126 Å². The molecule has 0 spiro atoms. The van der Waals surface area contributed by atoms with Gasteiger partial charge in [0.2, 0.25) is 5.75 Å². The van der Waals surface area contributed by atoms with E-state index in [-0.39, 0.29) is 23.5 Å². The van der Waals surface area contributed by atoms with Crippen LogP contribution in [0.4, 0.5) is 5.82 Å². The SMILES string of the molecule is COc1nc(O)c(OC)c(NC(=N)N)n1. The third kappa shape index (κ3) is 2.36. The Morgan fingerprint density at radius 2 is 2.07 bits per heavy atom. The lowest BCUT2D eigenvalue weighted by Gasteiger charge is -2.10. The van der Waals surface area contributed by atoms with E-state index >= 15 is 0 Å². The second kappa shape index (κ2) is 4.31. The van der Waals surface area contributed by atoms with Crippen LogP contribution in [0.15, 0.2) is 0 Å². The molecule has 0 radical (unpaired) electrons. The fraction of sp³-hybridized carbons (Fsp3) is 0.286. The van der Waals surface area contributed by atoms with Crippen molar-refractivity contribution in [3.8, 4) is 17.6 Å². The average molecular weight is 213 g/mol. The van der Waals surface area contributed by atoms with Gasteiger partial charge in [0.1, 0.15) is 0 Å². The zero-order valence-corrected chi connectivity index (χ0v) is 8.24. The molecule has 5 N–H and O–H groups in total. The van der Waals surface area contributed by atoms with Crippen LogP contribution in [0.1, 0.15) is 0 Å². The zero-order chi connectivity index (χ0) is 11.4. The van der Waals surface area contributed by atoms with Crippen molar-refractivity contribution in [1.82, 2.24) is 9.97 Å². The van der Waals surface area contributed by atoms with E-state index in [9.17, 15) is 5.11 Å². The lowest BCUT2D eigenvalue weighted by molar-refractivity contribution is 0.336. The normalized spacial score (nSPS) is 9.47. The van der Waals surface area contributed by atoms with Crippen molar-refractivity contribution in [2.75, 3.05) is 19.5 Å². The number of anilines is 1. The third-order valence-corrected chi connectivity index (χ3v) is 1.47. The highest BCUT2D eigenvalue weighted by Gasteiger charge is 2.15. The van der Waals surface area contributed by atoms with Crippen LogP contribution in [0.5, 0.6) is 17.6 Å². The Labute approximate surface area is 85.6 Å². The molecule has 0 aliphatic carbocycles. The molecule has 82 valence electrons. The van der Waals surface area contributed by atoms with Gasteiger partial charge in [-0.1, -0.05) is 0 Å². The number of nitrogens with two attached hydrogens (primary N) is 1. The smallest absolute Gasteiger partial charge is 0.321 e. The maximum atomic E-state index is 9.41. The van der Waals surface area contributed by atoms with Crippen LogP contribution in [-0.2, 0) is 0 Å². The van der Waals surface area contributed by atoms with E-state index in [1.165, 1.54) is 14.2 Å². The maximum Gasteiger partial charge on any atom is 0.321 e. The van der Waals surface area contributed by atoms with Gasteiger partial charge in [-0.15, -0.1) is 0 Å². The number of nitrogens with one attached hydrogen (secondary N) is 2. The first kappa shape index (κ1) is 10.8. The second-order valence-electron chi connectivity index (χ2n) is 2.45. The first-order chi connectivity index (χ1) is 7.08. The molecule has 0 unspecified atom stereocenters. The molecule has 8 heteroatoms. The largest absolute Gasteiger partial charge is 0.490 e. The predicted octanol–water partition coefficient (Wildman–Crippen LogP) is -0.495. The highest BCUT2D eigenvalue weighted by atomic mass is 16.5. The fourth-order valence-electron chi connectivity index (χ4n) is 0.910. The monoisotopic (exact) mass is 213 g/mol. The molecule has 1 heterocycles. The van der Waals surface area contributed by atoms with Crippen molar-refractivity contribution in [3.05, 3.63) is 0 Å². The highest BCUT2D eigenvalue weighted by molar-refractivity contribution is 5.90. The first-order valence-corrected chi connectivity index (χ1v) is 3.88. The summed E-state index contributed by atoms with van der Waals surface area (Å²) in [6, 6.07) is -0.0583. The predicted molar refractivity (Wildman–Crippen MR) is 52.3 cm³/mol. The minimum atomic E-state index is -0.395. The molecule has 1 aromatic heterocycles. The second-order valence-corrected chi connectivity index (χ2v) is 2.45. The van der Waals surface area contributed by atoms with E-state index in [1.54, 1.807) is 0 Å². The van der Waals surface area contributed by atoms with Crippen LogP contribution in [0.2, 0.25) is 0 Å². The zero-order valence-electron chi connectivity index (χ0n) is 8.24. The first-order valence-electron chi connectivity index (χ1n) is 3.88. The van der Waals surface area contributed by atoms with Crippen LogP contribution < -0.4 is 20.5 Å². The van der Waals surface area contributed by atoms with Crippen molar-refractivity contribution in [1.29, 1.82) is 5.41 Å². The number of ether oxygens (including phenoxy) is 2. The molecule has 0 bridgehead atoms. The van der Waals surface area contributed by atoms with E-state index in [0.717, 1.165) is 0 Å². The van der Waals surface area contributed by atoms with E-state index in [0.29, 0.717) is 0 Å². The summed E-state index contributed by atoms with van der Waals surface area (Å²) in [6.45, 7) is 0. The van der Waals surface area contributed by atoms with Crippen molar-refractivity contribution in [3.63, 3.8) is 0 Å². The number of rotatable bonds is 3. The van der Waals surface area contributed by atoms with E-state index in [2.05, 4.69) is 15.3 Å². The number of aromatic nitrogens is 2. The van der Waals surface area contributed by atoms with Gasteiger partial charge in [-0.2, -0.15) is 9.97 Å². The summed E-state index contributed by atoms with van der Waals surface area (Å²) in [5, 5.41) is 18.8.